The lowest BCUT2D eigenvalue weighted by atomic mass is 10.1. The van der Waals surface area contributed by atoms with E-state index in [2.05, 4.69) is 0 Å². The Morgan fingerprint density at radius 2 is 1.78 bits per heavy atom. The van der Waals surface area contributed by atoms with E-state index in [1.807, 2.05) is 30.3 Å². The molecule has 0 aliphatic carbocycles. The number of benzene rings is 2. The molecule has 1 amide bonds. The molecule has 0 aliphatic heterocycles. The number of carbonyl (C=O) groups is 1. The molecule has 142 valence electrons. The summed E-state index contributed by atoms with van der Waals surface area (Å²) in [5.74, 6) is -0.816. The van der Waals surface area contributed by atoms with Crippen LogP contribution in [0.4, 0.5) is 13.2 Å². The van der Waals surface area contributed by atoms with Gasteiger partial charge in [0.1, 0.15) is 0 Å². The number of rotatable bonds is 6. The smallest absolute Gasteiger partial charge is 0.274 e. The lowest BCUT2D eigenvalue weighted by Gasteiger charge is -2.12. The topological polar surface area (TPSA) is 87.0 Å². The predicted molar refractivity (Wildman–Crippen MR) is 90.9 cm³/mol. The van der Waals surface area contributed by atoms with Gasteiger partial charge >= 0.3 is 6.18 Å². The summed E-state index contributed by atoms with van der Waals surface area (Å²) in [4.78, 5) is 11.1. The highest BCUT2D eigenvalue weighted by atomic mass is 32.2. The Labute approximate surface area is 154 Å². The van der Waals surface area contributed by atoms with Gasteiger partial charge in [-0.1, -0.05) is 30.3 Å². The van der Waals surface area contributed by atoms with E-state index >= 15 is 0 Å². The summed E-state index contributed by atoms with van der Waals surface area (Å²) in [5.41, 5.74) is -1.09. The van der Waals surface area contributed by atoms with Crippen molar-refractivity contribution in [3.8, 4) is 6.07 Å². The van der Waals surface area contributed by atoms with Crippen molar-refractivity contribution in [1.82, 2.24) is 4.72 Å². The van der Waals surface area contributed by atoms with Gasteiger partial charge in [0.05, 0.1) is 22.1 Å². The summed E-state index contributed by atoms with van der Waals surface area (Å²) in [6, 6.07) is 12.6. The minimum Gasteiger partial charge on any atom is -0.274 e. The van der Waals surface area contributed by atoms with Crippen LogP contribution < -0.4 is 4.72 Å². The third-order valence-corrected chi connectivity index (χ3v) is 5.06. The van der Waals surface area contributed by atoms with Crippen molar-refractivity contribution >= 4 is 15.9 Å². The van der Waals surface area contributed by atoms with Gasteiger partial charge < -0.3 is 0 Å². The molecule has 0 heterocycles. The monoisotopic (exact) mass is 396 g/mol. The summed E-state index contributed by atoms with van der Waals surface area (Å²) < 4.78 is 65.0. The van der Waals surface area contributed by atoms with Crippen molar-refractivity contribution in [2.24, 2.45) is 0 Å². The van der Waals surface area contributed by atoms with Gasteiger partial charge in [0, 0.05) is 6.42 Å². The molecule has 0 saturated carbocycles. The zero-order valence-electron chi connectivity index (χ0n) is 14.0. The molecule has 27 heavy (non-hydrogen) atoms. The van der Waals surface area contributed by atoms with Gasteiger partial charge in [-0.2, -0.15) is 18.4 Å². The van der Waals surface area contributed by atoms with Crippen molar-refractivity contribution in [2.75, 3.05) is 0 Å². The van der Waals surface area contributed by atoms with Crippen LogP contribution in [0.25, 0.3) is 0 Å². The number of nitriles is 1. The molecule has 0 fully saturated rings. The van der Waals surface area contributed by atoms with Gasteiger partial charge in [-0.25, -0.2) is 13.1 Å². The highest BCUT2D eigenvalue weighted by Gasteiger charge is 2.35. The molecule has 0 radical (unpaired) electrons. The van der Waals surface area contributed by atoms with E-state index in [0.29, 0.717) is 18.9 Å². The Kier molecular flexibility index (Phi) is 6.23. The van der Waals surface area contributed by atoms with Crippen LogP contribution in [-0.2, 0) is 27.4 Å². The van der Waals surface area contributed by atoms with Gasteiger partial charge in [0.15, 0.2) is 0 Å². The molecule has 0 bridgehead atoms. The highest BCUT2D eigenvalue weighted by molar-refractivity contribution is 7.90. The lowest BCUT2D eigenvalue weighted by molar-refractivity contribution is -0.137. The Morgan fingerprint density at radius 3 is 2.37 bits per heavy atom. The summed E-state index contributed by atoms with van der Waals surface area (Å²) >= 11 is 0. The minimum absolute atomic E-state index is 0.101. The molecule has 2 aromatic rings. The van der Waals surface area contributed by atoms with Gasteiger partial charge in [-0.3, -0.25) is 4.79 Å². The van der Waals surface area contributed by atoms with Crippen LogP contribution in [0.1, 0.15) is 29.5 Å². The van der Waals surface area contributed by atoms with E-state index in [9.17, 15) is 26.4 Å². The molecule has 0 unspecified atom stereocenters. The maximum absolute atomic E-state index is 13.0. The van der Waals surface area contributed by atoms with Crippen LogP contribution >= 0.6 is 0 Å². The van der Waals surface area contributed by atoms with Crippen molar-refractivity contribution in [3.63, 3.8) is 0 Å². The van der Waals surface area contributed by atoms with E-state index in [0.717, 1.165) is 17.7 Å². The molecule has 0 aliphatic rings. The molecule has 5 nitrogen and oxygen atoms in total. The van der Waals surface area contributed by atoms with Crippen molar-refractivity contribution in [2.45, 2.75) is 30.3 Å². The molecule has 2 rings (SSSR count). The standard InChI is InChI=1S/C18H15F3N2O3S/c19-18(20,21)16-11-15(10-9-14(16)12-22)27(25,26)23-17(24)8-4-7-13-5-2-1-3-6-13/h1-3,5-6,9-11H,4,7-8H2,(H,23,24). The Morgan fingerprint density at radius 1 is 1.11 bits per heavy atom. The van der Waals surface area contributed by atoms with E-state index in [4.69, 9.17) is 5.26 Å². The second kappa shape index (κ2) is 8.22. The molecule has 0 aromatic heterocycles. The number of aryl methyl sites for hydroxylation is 1. The predicted octanol–water partition coefficient (Wildman–Crippen LogP) is 3.40. The second-order valence-corrected chi connectivity index (χ2v) is 7.37. The fourth-order valence-electron chi connectivity index (χ4n) is 2.38. The van der Waals surface area contributed by atoms with E-state index in [1.165, 1.54) is 6.07 Å². The molecule has 0 atom stereocenters. The zero-order chi connectivity index (χ0) is 20.1. The maximum Gasteiger partial charge on any atom is 0.417 e. The first-order valence-corrected chi connectivity index (χ1v) is 9.33. The number of amides is 1. The molecule has 1 N–H and O–H groups in total. The van der Waals surface area contributed by atoms with Crippen LogP contribution in [0.2, 0.25) is 0 Å². The summed E-state index contributed by atoms with van der Waals surface area (Å²) in [5, 5.41) is 8.74. The normalized spacial score (nSPS) is 11.6. The molecule has 9 heteroatoms. The molecule has 0 spiro atoms. The molecular weight excluding hydrogens is 381 g/mol. The van der Waals surface area contributed by atoms with E-state index in [-0.39, 0.29) is 6.42 Å². The summed E-state index contributed by atoms with van der Waals surface area (Å²) in [6.45, 7) is 0. The van der Waals surface area contributed by atoms with E-state index in [1.54, 1.807) is 4.72 Å². The maximum atomic E-state index is 13.0. The number of carbonyl (C=O) groups excluding carboxylic acids is 1. The van der Waals surface area contributed by atoms with Gasteiger partial charge in [0.2, 0.25) is 5.91 Å². The first-order valence-electron chi connectivity index (χ1n) is 7.84. The number of sulfonamides is 1. The molecule has 0 saturated heterocycles. The largest absolute Gasteiger partial charge is 0.417 e. The highest BCUT2D eigenvalue weighted by Crippen LogP contribution is 2.33. The van der Waals surface area contributed by atoms with Gasteiger partial charge in [-0.05, 0) is 36.6 Å². The second-order valence-electron chi connectivity index (χ2n) is 5.68. The minimum atomic E-state index is -4.89. The van der Waals surface area contributed by atoms with Crippen molar-refractivity contribution < 1.29 is 26.4 Å². The number of nitrogens with one attached hydrogen (secondary N) is 1. The fraction of sp³-hybridized carbons (Fsp3) is 0.222. The molecular formula is C18H15F3N2O3S. The number of hydrogen-bond acceptors (Lipinski definition) is 4. The number of alkyl halides is 3. The van der Waals surface area contributed by atoms with Crippen LogP contribution in [0.15, 0.2) is 53.4 Å². The SMILES string of the molecule is N#Cc1ccc(S(=O)(=O)NC(=O)CCCc2ccccc2)cc1C(F)(F)F. The van der Waals surface area contributed by atoms with Gasteiger partial charge in [-0.15, -0.1) is 0 Å². The summed E-state index contributed by atoms with van der Waals surface area (Å²) in [6.07, 6.45) is -4.05. The summed E-state index contributed by atoms with van der Waals surface area (Å²) in [7, 11) is -4.47. The van der Waals surface area contributed by atoms with Crippen LogP contribution in [0, 0.1) is 11.3 Å². The lowest BCUT2D eigenvalue weighted by Crippen LogP contribution is -2.30. The Hall–Kier alpha value is -2.86. The average molecular weight is 396 g/mol. The quantitative estimate of drug-likeness (QED) is 0.811. The van der Waals surface area contributed by atoms with E-state index < -0.39 is 38.1 Å². The van der Waals surface area contributed by atoms with Crippen molar-refractivity contribution in [3.05, 3.63) is 65.2 Å². The first kappa shape index (κ1) is 20.5. The number of hydrogen-bond donors (Lipinski definition) is 1. The molecule has 2 aromatic carbocycles. The van der Waals surface area contributed by atoms with Crippen molar-refractivity contribution in [1.29, 1.82) is 5.26 Å². The third kappa shape index (κ3) is 5.56. The average Bonchev–Trinajstić information content (AvgIpc) is 2.61. The first-order chi connectivity index (χ1) is 12.6. The number of halogens is 3. The zero-order valence-corrected chi connectivity index (χ0v) is 14.8. The van der Waals surface area contributed by atoms with Gasteiger partial charge in [0.25, 0.3) is 10.0 Å². The Bertz CT molecular complexity index is 966. The van der Waals surface area contributed by atoms with Crippen LogP contribution in [0.3, 0.4) is 0 Å². The Balaban J connectivity index is 2.07. The van der Waals surface area contributed by atoms with Crippen LogP contribution in [0.5, 0.6) is 0 Å². The number of nitrogens with zero attached hydrogens (tertiary/aromatic N) is 1. The fourth-order valence-corrected chi connectivity index (χ4v) is 3.42. The third-order valence-electron chi connectivity index (χ3n) is 3.69. The van der Waals surface area contributed by atoms with Crippen LogP contribution in [-0.4, -0.2) is 14.3 Å².